The van der Waals surface area contributed by atoms with Crippen molar-refractivity contribution >= 4 is 5.82 Å². The number of hydrogen-bond acceptors (Lipinski definition) is 3. The third-order valence-corrected chi connectivity index (χ3v) is 3.44. The van der Waals surface area contributed by atoms with Crippen LogP contribution in [0.15, 0.2) is 18.3 Å². The number of rotatable bonds is 7. The van der Waals surface area contributed by atoms with Gasteiger partial charge in [-0.25, -0.2) is 4.98 Å². The van der Waals surface area contributed by atoms with E-state index in [9.17, 15) is 0 Å². The molecule has 0 aliphatic carbocycles. The zero-order chi connectivity index (χ0) is 13.5. The Morgan fingerprint density at radius 2 is 1.78 bits per heavy atom. The maximum Gasteiger partial charge on any atom is 0.125 e. The summed E-state index contributed by atoms with van der Waals surface area (Å²) >= 11 is 0. The van der Waals surface area contributed by atoms with Gasteiger partial charge in [-0.05, 0) is 36.4 Å². The lowest BCUT2D eigenvalue weighted by Gasteiger charge is -2.25. The van der Waals surface area contributed by atoms with Gasteiger partial charge in [-0.2, -0.15) is 0 Å². The van der Waals surface area contributed by atoms with E-state index < -0.39 is 0 Å². The fraction of sp³-hybridized carbons (Fsp3) is 0.667. The second-order valence-corrected chi connectivity index (χ2v) is 5.61. The van der Waals surface area contributed by atoms with Gasteiger partial charge in [0.25, 0.3) is 0 Å². The number of anilines is 1. The fourth-order valence-corrected chi connectivity index (χ4v) is 2.30. The van der Waals surface area contributed by atoms with Crippen LogP contribution in [-0.4, -0.2) is 18.6 Å². The zero-order valence-electron chi connectivity index (χ0n) is 12.3. The second kappa shape index (κ2) is 7.37. The Morgan fingerprint density at radius 3 is 2.22 bits per heavy atom. The Morgan fingerprint density at radius 1 is 1.11 bits per heavy atom. The fourth-order valence-electron chi connectivity index (χ4n) is 2.30. The first-order valence-corrected chi connectivity index (χ1v) is 6.88. The average Bonchev–Trinajstić information content (AvgIpc) is 2.31. The minimum atomic E-state index is 0.684. The van der Waals surface area contributed by atoms with Crippen LogP contribution in [0.5, 0.6) is 0 Å². The highest BCUT2D eigenvalue weighted by atomic mass is 15.0. The summed E-state index contributed by atoms with van der Waals surface area (Å²) in [7, 11) is 1.95. The maximum absolute atomic E-state index is 4.44. The zero-order valence-corrected chi connectivity index (χ0v) is 12.3. The Bertz CT molecular complexity index is 322. The number of nitrogens with one attached hydrogen (secondary N) is 2. The van der Waals surface area contributed by atoms with Crippen molar-refractivity contribution in [2.45, 2.75) is 34.2 Å². The molecular formula is C15H27N3. The molecule has 0 atom stereocenters. The Hall–Kier alpha value is -1.09. The van der Waals surface area contributed by atoms with Crippen LogP contribution < -0.4 is 10.6 Å². The highest BCUT2D eigenvalue weighted by molar-refractivity contribution is 5.35. The van der Waals surface area contributed by atoms with E-state index in [1.807, 2.05) is 13.2 Å². The van der Waals surface area contributed by atoms with Crippen molar-refractivity contribution in [1.82, 2.24) is 10.3 Å². The molecule has 0 radical (unpaired) electrons. The van der Waals surface area contributed by atoms with Gasteiger partial charge in [-0.15, -0.1) is 0 Å². The van der Waals surface area contributed by atoms with Crippen LogP contribution in [0.4, 0.5) is 5.82 Å². The summed E-state index contributed by atoms with van der Waals surface area (Å²) in [6.45, 7) is 11.0. The highest BCUT2D eigenvalue weighted by Gasteiger charge is 2.17. The second-order valence-electron chi connectivity index (χ2n) is 5.61. The summed E-state index contributed by atoms with van der Waals surface area (Å²) in [6.07, 6.45) is 1.93. The van der Waals surface area contributed by atoms with Crippen molar-refractivity contribution in [3.63, 3.8) is 0 Å². The molecule has 0 saturated heterocycles. The molecule has 0 aliphatic rings. The van der Waals surface area contributed by atoms with Crippen LogP contribution in [0, 0.1) is 17.8 Å². The van der Waals surface area contributed by atoms with Crippen molar-refractivity contribution in [3.05, 3.63) is 23.9 Å². The molecule has 0 spiro atoms. The van der Waals surface area contributed by atoms with E-state index in [4.69, 9.17) is 0 Å². The standard InChI is InChI=1S/C15H27N3/c1-11(2)14(12(3)4)10-18-15-7-6-13(8-16-5)9-17-15/h6-7,9,11-12,14,16H,8,10H2,1-5H3,(H,17,18). The predicted octanol–water partition coefficient (Wildman–Crippen LogP) is 3.14. The topological polar surface area (TPSA) is 37.0 Å². The van der Waals surface area contributed by atoms with Gasteiger partial charge in [0.2, 0.25) is 0 Å². The van der Waals surface area contributed by atoms with E-state index in [-0.39, 0.29) is 0 Å². The lowest BCUT2D eigenvalue weighted by molar-refractivity contribution is 0.304. The average molecular weight is 249 g/mol. The first kappa shape index (κ1) is 15.0. The molecule has 3 heteroatoms. The first-order valence-electron chi connectivity index (χ1n) is 6.88. The summed E-state index contributed by atoms with van der Waals surface area (Å²) in [5.41, 5.74) is 1.22. The van der Waals surface area contributed by atoms with Gasteiger partial charge >= 0.3 is 0 Å². The molecule has 102 valence electrons. The number of hydrogen-bond donors (Lipinski definition) is 2. The van der Waals surface area contributed by atoms with Crippen molar-refractivity contribution in [3.8, 4) is 0 Å². The molecule has 0 amide bonds. The molecule has 1 aromatic rings. The van der Waals surface area contributed by atoms with Crippen molar-refractivity contribution in [2.24, 2.45) is 17.8 Å². The molecule has 0 aliphatic heterocycles. The van der Waals surface area contributed by atoms with Gasteiger partial charge in [0.15, 0.2) is 0 Å². The highest BCUT2D eigenvalue weighted by Crippen LogP contribution is 2.20. The molecule has 3 nitrogen and oxygen atoms in total. The molecule has 1 rings (SSSR count). The Balaban J connectivity index is 2.51. The molecule has 1 aromatic heterocycles. The summed E-state index contributed by atoms with van der Waals surface area (Å²) in [5, 5.41) is 6.57. The number of nitrogens with zero attached hydrogens (tertiary/aromatic N) is 1. The van der Waals surface area contributed by atoms with Crippen LogP contribution in [0.1, 0.15) is 33.3 Å². The van der Waals surface area contributed by atoms with Crippen LogP contribution in [0.25, 0.3) is 0 Å². The minimum absolute atomic E-state index is 0.684. The predicted molar refractivity (Wildman–Crippen MR) is 78.7 cm³/mol. The van der Waals surface area contributed by atoms with Gasteiger partial charge < -0.3 is 10.6 Å². The molecule has 0 aromatic carbocycles. The van der Waals surface area contributed by atoms with Gasteiger partial charge in [0.1, 0.15) is 5.82 Å². The van der Waals surface area contributed by atoms with Crippen molar-refractivity contribution in [1.29, 1.82) is 0 Å². The molecule has 1 heterocycles. The van der Waals surface area contributed by atoms with Crippen molar-refractivity contribution in [2.75, 3.05) is 18.9 Å². The summed E-state index contributed by atoms with van der Waals surface area (Å²) < 4.78 is 0. The largest absolute Gasteiger partial charge is 0.370 e. The Labute approximate surface area is 111 Å². The van der Waals surface area contributed by atoms with E-state index in [1.165, 1.54) is 5.56 Å². The third-order valence-electron chi connectivity index (χ3n) is 3.44. The SMILES string of the molecule is CNCc1ccc(NCC(C(C)C)C(C)C)nc1. The van der Waals surface area contributed by atoms with E-state index in [2.05, 4.69) is 55.4 Å². The van der Waals surface area contributed by atoms with Crippen LogP contribution >= 0.6 is 0 Å². The summed E-state index contributed by atoms with van der Waals surface area (Å²) in [6, 6.07) is 4.18. The molecule has 0 bridgehead atoms. The normalized spacial score (nSPS) is 11.6. The van der Waals surface area contributed by atoms with Crippen LogP contribution in [0.3, 0.4) is 0 Å². The number of aromatic nitrogens is 1. The molecule has 0 fully saturated rings. The molecule has 2 N–H and O–H groups in total. The van der Waals surface area contributed by atoms with Crippen LogP contribution in [0.2, 0.25) is 0 Å². The van der Waals surface area contributed by atoms with E-state index in [1.54, 1.807) is 0 Å². The van der Waals surface area contributed by atoms with Crippen molar-refractivity contribution < 1.29 is 0 Å². The molecular weight excluding hydrogens is 222 g/mol. The minimum Gasteiger partial charge on any atom is -0.370 e. The first-order chi connectivity index (χ1) is 8.54. The molecule has 0 unspecified atom stereocenters. The monoisotopic (exact) mass is 249 g/mol. The molecule has 18 heavy (non-hydrogen) atoms. The lowest BCUT2D eigenvalue weighted by Crippen LogP contribution is -2.24. The lowest BCUT2D eigenvalue weighted by atomic mass is 9.85. The van der Waals surface area contributed by atoms with E-state index >= 15 is 0 Å². The quantitative estimate of drug-likeness (QED) is 0.779. The van der Waals surface area contributed by atoms with Gasteiger partial charge in [-0.1, -0.05) is 33.8 Å². The van der Waals surface area contributed by atoms with Gasteiger partial charge in [0, 0.05) is 19.3 Å². The maximum atomic E-state index is 4.44. The Kier molecular flexibility index (Phi) is 6.13. The molecule has 0 saturated carbocycles. The summed E-state index contributed by atoms with van der Waals surface area (Å²) in [5.74, 6) is 3.05. The van der Waals surface area contributed by atoms with E-state index in [0.29, 0.717) is 17.8 Å². The van der Waals surface area contributed by atoms with E-state index in [0.717, 1.165) is 18.9 Å². The van der Waals surface area contributed by atoms with Gasteiger partial charge in [-0.3, -0.25) is 0 Å². The third kappa shape index (κ3) is 4.65. The summed E-state index contributed by atoms with van der Waals surface area (Å²) in [4.78, 5) is 4.44. The smallest absolute Gasteiger partial charge is 0.125 e. The van der Waals surface area contributed by atoms with Gasteiger partial charge in [0.05, 0.1) is 0 Å². The number of pyridine rings is 1. The van der Waals surface area contributed by atoms with Crippen LogP contribution in [-0.2, 0) is 6.54 Å².